The Labute approximate surface area is 519 Å². The monoisotopic (exact) mass is 1230 g/mol. The first-order chi connectivity index (χ1) is 41.4. The summed E-state index contributed by atoms with van der Waals surface area (Å²) in [6, 6.07) is 11.0. The molecule has 2 aromatic carbocycles. The van der Waals surface area contributed by atoms with Gasteiger partial charge in [0.15, 0.2) is 5.78 Å². The summed E-state index contributed by atoms with van der Waals surface area (Å²) in [5.74, 6) is -4.90. The fourth-order valence-corrected chi connectivity index (χ4v) is 12.9. The van der Waals surface area contributed by atoms with Crippen LogP contribution in [0.4, 0.5) is 15.3 Å². The molecule has 2 saturated heterocycles. The number of rotatable bonds is 30. The zero-order valence-electron chi connectivity index (χ0n) is 53.4. The minimum atomic E-state index is -1.01. The third kappa shape index (κ3) is 19.3. The van der Waals surface area contributed by atoms with Gasteiger partial charge in [-0.3, -0.25) is 43.8 Å². The van der Waals surface area contributed by atoms with Crippen molar-refractivity contribution in [2.24, 2.45) is 29.6 Å². The van der Waals surface area contributed by atoms with Gasteiger partial charge in [0.05, 0.1) is 71.3 Å². The lowest BCUT2D eigenvalue weighted by Crippen LogP contribution is -2.55. The molecule has 87 heavy (non-hydrogen) atoms. The number of ketones is 1. The lowest BCUT2D eigenvalue weighted by molar-refractivity contribution is -0.149. The number of aliphatic hydroxyl groups excluding tert-OH is 1. The van der Waals surface area contributed by atoms with E-state index >= 15 is 0 Å². The number of ether oxygens (including phenoxy) is 4. The van der Waals surface area contributed by atoms with Gasteiger partial charge in [-0.2, -0.15) is 11.8 Å². The molecule has 12 atom stereocenters. The van der Waals surface area contributed by atoms with Crippen LogP contribution in [0.3, 0.4) is 0 Å². The van der Waals surface area contributed by atoms with Crippen molar-refractivity contribution in [2.75, 3.05) is 59.5 Å². The molecule has 1 aliphatic carbocycles. The molecule has 5 rings (SSSR count). The quantitative estimate of drug-likeness (QED) is 0.0423. The van der Waals surface area contributed by atoms with Gasteiger partial charge in [-0.05, 0) is 98.8 Å². The molecule has 2 unspecified atom stereocenters. The molecule has 0 saturated carbocycles. The molecule has 8 amide bonds. The Morgan fingerprint density at radius 2 is 1.56 bits per heavy atom. The van der Waals surface area contributed by atoms with E-state index in [0.29, 0.717) is 43.4 Å². The molecule has 22 heteroatoms. The number of hydrogen-bond acceptors (Lipinski definition) is 15. The van der Waals surface area contributed by atoms with Crippen LogP contribution in [0.15, 0.2) is 60.7 Å². The van der Waals surface area contributed by atoms with Crippen molar-refractivity contribution in [1.29, 1.82) is 0 Å². The summed E-state index contributed by atoms with van der Waals surface area (Å²) < 4.78 is 23.6. The fraction of sp³-hybridized carbons (Fsp3) is 0.646. The summed E-state index contributed by atoms with van der Waals surface area (Å²) in [4.78, 5) is 130. The highest BCUT2D eigenvalue weighted by atomic mass is 32.2. The van der Waals surface area contributed by atoms with Crippen molar-refractivity contribution >= 4 is 70.9 Å². The number of likely N-dealkylation sites (N-methyl/N-ethyl adjacent to an activating group) is 2. The first kappa shape index (κ1) is 71.4. The number of carbonyl (C=O) groups is 9. The SMILES string of the molecule is CC[C@H](C)[C@@H]([C@@H](CC(=O)N1CCC[C@H]1[C@H](OC)[C@@H](C)C(=O)N[C@H](C)[C@@H](O)c1ccccc1)OC)N(C)C(=O)[C@@H](CC(=O)[C@H](C(C)C)N(C)C(=O)OCc1ccc(NC(=O)OC2/C=C/CCCCC2)c(C(=O)NCCN2C(=O)CC(SC)C2=O)c1)C(C)C. The van der Waals surface area contributed by atoms with Gasteiger partial charge in [-0.15, -0.1) is 0 Å². The highest BCUT2D eigenvalue weighted by molar-refractivity contribution is 8.00. The van der Waals surface area contributed by atoms with E-state index < -0.39 is 89.7 Å². The van der Waals surface area contributed by atoms with Gasteiger partial charge < -0.3 is 49.4 Å². The summed E-state index contributed by atoms with van der Waals surface area (Å²) in [5, 5.41) is 18.9. The number of hydrogen-bond donors (Lipinski definition) is 4. The van der Waals surface area contributed by atoms with Crippen LogP contribution in [0, 0.1) is 29.6 Å². The van der Waals surface area contributed by atoms with E-state index in [9.17, 15) is 48.3 Å². The standard InChI is InChI=1S/C65H97N7O14S/c1-14-41(6)57(52(83-11)36-54(74)71-32-23-28-50(71)59(84-12)42(7)60(77)67-43(8)58(76)45-24-19-18-20-25-45)69(9)62(79)47(39(2)3)35-51(73)56(40(4)5)70(10)65(82)85-38-44-29-30-49(68-64(81)86-46-26-21-16-15-17-22-27-46)48(34-44)61(78)66-31-33-72-55(75)37-53(87-13)63(72)80/h18-21,24-26,29-30,34,39-43,46-47,50,52-53,56-59,76H,14-17,22-23,27-28,31-33,35-38H2,1-13H3,(H,66,78)(H,67,77)(H,68,81)/b26-21+/t41-,42+,43+,46?,47-,50-,52+,53?,56-,57-,58+,59+/m0/s1. The number of Topliss-reactive ketones (excluding diaryl/α,β-unsaturated/α-hetero) is 1. The second kappa shape index (κ2) is 34.4. The minimum Gasteiger partial charge on any atom is -0.445 e. The Bertz CT molecular complexity index is 2690. The van der Waals surface area contributed by atoms with Gasteiger partial charge >= 0.3 is 12.2 Å². The zero-order chi connectivity index (χ0) is 64.2. The van der Waals surface area contributed by atoms with Crippen molar-refractivity contribution in [3.05, 3.63) is 77.4 Å². The summed E-state index contributed by atoms with van der Waals surface area (Å²) in [5.41, 5.74) is 1.15. The molecule has 3 aliphatic rings. The van der Waals surface area contributed by atoms with Gasteiger partial charge in [0.25, 0.3) is 5.91 Å². The Morgan fingerprint density at radius 1 is 0.851 bits per heavy atom. The molecule has 482 valence electrons. The molecule has 21 nitrogen and oxygen atoms in total. The Hall–Kier alpha value is -6.36. The summed E-state index contributed by atoms with van der Waals surface area (Å²) in [7, 11) is 6.17. The van der Waals surface area contributed by atoms with Crippen molar-refractivity contribution in [3.63, 3.8) is 0 Å². The first-order valence-electron chi connectivity index (χ1n) is 30.9. The summed E-state index contributed by atoms with van der Waals surface area (Å²) in [6.07, 6.45) is 7.38. The number of allylic oxidation sites excluding steroid dienone is 1. The third-order valence-electron chi connectivity index (χ3n) is 17.5. The van der Waals surface area contributed by atoms with Crippen LogP contribution >= 0.6 is 11.8 Å². The van der Waals surface area contributed by atoms with Gasteiger partial charge in [-0.25, -0.2) is 9.59 Å². The Morgan fingerprint density at radius 3 is 2.20 bits per heavy atom. The number of likely N-dealkylation sites (tertiary alicyclic amines) is 2. The van der Waals surface area contributed by atoms with Gasteiger partial charge in [0.1, 0.15) is 12.7 Å². The number of anilines is 1. The highest BCUT2D eigenvalue weighted by Crippen LogP contribution is 2.32. The molecule has 0 radical (unpaired) electrons. The van der Waals surface area contributed by atoms with Crippen LogP contribution in [0.2, 0.25) is 0 Å². The molecule has 0 spiro atoms. The third-order valence-corrected chi connectivity index (χ3v) is 18.4. The van der Waals surface area contributed by atoms with E-state index in [0.717, 1.165) is 30.6 Å². The van der Waals surface area contributed by atoms with Crippen molar-refractivity contribution < 1.29 is 67.2 Å². The van der Waals surface area contributed by atoms with E-state index in [-0.39, 0.29) is 97.4 Å². The average Bonchev–Trinajstić information content (AvgIpc) is 4.32. The predicted octanol–water partition coefficient (Wildman–Crippen LogP) is 8.33. The minimum absolute atomic E-state index is 0.00307. The number of imide groups is 1. The normalized spacial score (nSPS) is 20.6. The molecular weight excluding hydrogens is 1130 g/mol. The lowest BCUT2D eigenvalue weighted by Gasteiger charge is -2.41. The molecule has 4 N–H and O–H groups in total. The molecule has 2 fully saturated rings. The van der Waals surface area contributed by atoms with Gasteiger partial charge in [-0.1, -0.05) is 104 Å². The largest absolute Gasteiger partial charge is 0.445 e. The number of carbonyl (C=O) groups excluding carboxylic acids is 9. The maximum Gasteiger partial charge on any atom is 0.412 e. The first-order valence-corrected chi connectivity index (χ1v) is 32.2. The molecular formula is C65H97N7O14S. The predicted molar refractivity (Wildman–Crippen MR) is 333 cm³/mol. The number of methoxy groups -OCH3 is 2. The molecule has 0 aromatic heterocycles. The zero-order valence-corrected chi connectivity index (χ0v) is 54.2. The maximum absolute atomic E-state index is 14.9. The van der Waals surface area contributed by atoms with E-state index in [1.165, 1.54) is 50.1 Å². The van der Waals surface area contributed by atoms with Crippen LogP contribution < -0.4 is 16.0 Å². The van der Waals surface area contributed by atoms with E-state index in [4.69, 9.17) is 18.9 Å². The van der Waals surface area contributed by atoms with Crippen LogP contribution in [0.1, 0.15) is 154 Å². The molecule has 2 aliphatic heterocycles. The molecule has 2 heterocycles. The van der Waals surface area contributed by atoms with Gasteiger partial charge in [0, 0.05) is 66.7 Å². The number of nitrogens with zero attached hydrogens (tertiary/aromatic N) is 4. The number of amides is 8. The Balaban J connectivity index is 1.26. The van der Waals surface area contributed by atoms with Crippen LogP contribution in [-0.2, 0) is 54.3 Å². The maximum atomic E-state index is 14.9. The van der Waals surface area contributed by atoms with E-state index in [2.05, 4.69) is 16.0 Å². The smallest absolute Gasteiger partial charge is 0.412 e. The van der Waals surface area contributed by atoms with Crippen molar-refractivity contribution in [3.8, 4) is 0 Å². The number of aliphatic hydroxyl groups is 1. The van der Waals surface area contributed by atoms with Crippen molar-refractivity contribution in [2.45, 2.75) is 186 Å². The van der Waals surface area contributed by atoms with Crippen LogP contribution in [0.25, 0.3) is 0 Å². The van der Waals surface area contributed by atoms with E-state index in [1.54, 1.807) is 69.0 Å². The van der Waals surface area contributed by atoms with Crippen LogP contribution in [-0.4, -0.2) is 180 Å². The van der Waals surface area contributed by atoms with Crippen LogP contribution in [0.5, 0.6) is 0 Å². The number of thioether (sulfide) groups is 1. The summed E-state index contributed by atoms with van der Waals surface area (Å²) >= 11 is 1.29. The van der Waals surface area contributed by atoms with Crippen molar-refractivity contribution in [1.82, 2.24) is 30.2 Å². The van der Waals surface area contributed by atoms with E-state index in [1.807, 2.05) is 58.0 Å². The Kier molecular flexibility index (Phi) is 28.2. The highest BCUT2D eigenvalue weighted by Gasteiger charge is 2.44. The lowest BCUT2D eigenvalue weighted by atomic mass is 9.83. The number of benzene rings is 2. The molecule has 2 aromatic rings. The summed E-state index contributed by atoms with van der Waals surface area (Å²) in [6.45, 7) is 14.8. The van der Waals surface area contributed by atoms with Gasteiger partial charge in [0.2, 0.25) is 29.5 Å². The number of nitrogens with one attached hydrogen (secondary N) is 3. The average molecular weight is 1230 g/mol. The second-order valence-electron chi connectivity index (χ2n) is 24.2. The second-order valence-corrected chi connectivity index (χ2v) is 25.2. The topological polar surface area (TPSA) is 260 Å². The fourth-order valence-electron chi connectivity index (χ4n) is 12.2. The molecule has 0 bridgehead atoms.